The minimum atomic E-state index is -0.441. The molecule has 1 saturated carbocycles. The van der Waals surface area contributed by atoms with Gasteiger partial charge < -0.3 is 5.32 Å². The van der Waals surface area contributed by atoms with Gasteiger partial charge in [0.2, 0.25) is 0 Å². The monoisotopic (exact) mass is 310 g/mol. The second kappa shape index (κ2) is 6.20. The fraction of sp³-hybridized carbons (Fsp3) is 0.278. The Kier molecular flexibility index (Phi) is 4.10. The molecule has 5 nitrogen and oxygen atoms in total. The van der Waals surface area contributed by atoms with E-state index >= 15 is 0 Å². The first kappa shape index (κ1) is 15.2. The van der Waals surface area contributed by atoms with Crippen LogP contribution >= 0.6 is 0 Å². The van der Waals surface area contributed by atoms with Crippen LogP contribution in [0.5, 0.6) is 0 Å². The van der Waals surface area contributed by atoms with Crippen LogP contribution in [0.3, 0.4) is 0 Å². The predicted octanol–water partition coefficient (Wildman–Crippen LogP) is 4.36. The van der Waals surface area contributed by atoms with Gasteiger partial charge in [-0.3, -0.25) is 14.9 Å². The van der Waals surface area contributed by atoms with Crippen molar-refractivity contribution in [3.8, 4) is 0 Å². The fourth-order valence-electron chi connectivity index (χ4n) is 2.75. The molecule has 0 bridgehead atoms. The molecule has 23 heavy (non-hydrogen) atoms. The van der Waals surface area contributed by atoms with Crippen LogP contribution in [0.1, 0.15) is 41.7 Å². The summed E-state index contributed by atoms with van der Waals surface area (Å²) in [6, 6.07) is 14.6. The number of nitro benzene ring substituents is 1. The molecule has 2 aromatic rings. The van der Waals surface area contributed by atoms with E-state index in [0.717, 1.165) is 18.4 Å². The fourth-order valence-corrected chi connectivity index (χ4v) is 2.75. The number of carbonyl (C=O) groups excluding carboxylic acids is 1. The maximum absolute atomic E-state index is 11.5. The molecule has 5 heteroatoms. The lowest BCUT2D eigenvalue weighted by Gasteiger charge is -2.20. The van der Waals surface area contributed by atoms with E-state index in [0.29, 0.717) is 17.2 Å². The second-order valence-electron chi connectivity index (χ2n) is 5.92. The van der Waals surface area contributed by atoms with Crippen molar-refractivity contribution in [2.75, 3.05) is 5.32 Å². The van der Waals surface area contributed by atoms with E-state index in [1.165, 1.54) is 13.0 Å². The van der Waals surface area contributed by atoms with Crippen LogP contribution < -0.4 is 5.32 Å². The first-order valence-electron chi connectivity index (χ1n) is 7.67. The van der Waals surface area contributed by atoms with Gasteiger partial charge in [0.15, 0.2) is 5.78 Å². The van der Waals surface area contributed by atoms with Gasteiger partial charge in [-0.1, -0.05) is 30.3 Å². The molecule has 0 aliphatic heterocycles. The van der Waals surface area contributed by atoms with Gasteiger partial charge in [0.25, 0.3) is 5.69 Å². The topological polar surface area (TPSA) is 72.2 Å². The number of Topliss-reactive ketones (excluding diaryl/α,β-unsaturated/α-hetero) is 1. The molecule has 1 fully saturated rings. The molecule has 0 amide bonds. The van der Waals surface area contributed by atoms with Gasteiger partial charge >= 0.3 is 0 Å². The number of hydrogen-bond acceptors (Lipinski definition) is 4. The Balaban J connectivity index is 1.94. The summed E-state index contributed by atoms with van der Waals surface area (Å²) in [5, 5.41) is 14.7. The van der Waals surface area contributed by atoms with E-state index in [-0.39, 0.29) is 17.5 Å². The van der Waals surface area contributed by atoms with Crippen molar-refractivity contribution in [2.45, 2.75) is 25.8 Å². The zero-order valence-electron chi connectivity index (χ0n) is 12.9. The van der Waals surface area contributed by atoms with Gasteiger partial charge in [-0.15, -0.1) is 0 Å². The molecule has 118 valence electrons. The Morgan fingerprint density at radius 2 is 1.91 bits per heavy atom. The minimum Gasteiger partial charge on any atom is -0.372 e. The highest BCUT2D eigenvalue weighted by molar-refractivity contribution is 5.95. The van der Waals surface area contributed by atoms with Crippen molar-refractivity contribution in [1.29, 1.82) is 0 Å². The molecule has 2 aromatic carbocycles. The third-order valence-corrected chi connectivity index (χ3v) is 4.16. The number of anilines is 1. The molecule has 0 heterocycles. The van der Waals surface area contributed by atoms with Crippen LogP contribution in [0, 0.1) is 16.0 Å². The highest BCUT2D eigenvalue weighted by Crippen LogP contribution is 2.44. The van der Waals surface area contributed by atoms with Crippen molar-refractivity contribution in [3.05, 3.63) is 69.8 Å². The van der Waals surface area contributed by atoms with Crippen LogP contribution in [0.4, 0.5) is 11.4 Å². The Hall–Kier alpha value is -2.69. The molecule has 1 aliphatic carbocycles. The smallest absolute Gasteiger partial charge is 0.293 e. The highest BCUT2D eigenvalue weighted by Gasteiger charge is 2.33. The van der Waals surface area contributed by atoms with E-state index < -0.39 is 4.92 Å². The summed E-state index contributed by atoms with van der Waals surface area (Å²) in [5.41, 5.74) is 1.88. The van der Waals surface area contributed by atoms with Crippen molar-refractivity contribution in [2.24, 2.45) is 5.92 Å². The van der Waals surface area contributed by atoms with Crippen molar-refractivity contribution in [1.82, 2.24) is 0 Å². The summed E-state index contributed by atoms with van der Waals surface area (Å²) >= 11 is 0. The Morgan fingerprint density at radius 1 is 1.22 bits per heavy atom. The predicted molar refractivity (Wildman–Crippen MR) is 88.6 cm³/mol. The lowest BCUT2D eigenvalue weighted by Crippen LogP contribution is -2.14. The average Bonchev–Trinajstić information content (AvgIpc) is 3.38. The molecule has 0 spiro atoms. The molecule has 1 unspecified atom stereocenters. The van der Waals surface area contributed by atoms with E-state index in [2.05, 4.69) is 5.32 Å². The number of carbonyl (C=O) groups is 1. The summed E-state index contributed by atoms with van der Waals surface area (Å²) in [7, 11) is 0. The number of rotatable bonds is 6. The van der Waals surface area contributed by atoms with Crippen molar-refractivity contribution in [3.63, 3.8) is 0 Å². The van der Waals surface area contributed by atoms with E-state index in [1.54, 1.807) is 12.1 Å². The molecule has 3 rings (SSSR count). The normalized spacial score (nSPS) is 15.0. The lowest BCUT2D eigenvalue weighted by atomic mass is 10.0. The third-order valence-electron chi connectivity index (χ3n) is 4.16. The van der Waals surface area contributed by atoms with Gasteiger partial charge in [0, 0.05) is 11.6 Å². The van der Waals surface area contributed by atoms with E-state index in [1.807, 2.05) is 30.3 Å². The number of ketones is 1. The summed E-state index contributed by atoms with van der Waals surface area (Å²) in [5.74, 6) is 0.311. The highest BCUT2D eigenvalue weighted by atomic mass is 16.6. The van der Waals surface area contributed by atoms with Crippen LogP contribution in [0.25, 0.3) is 0 Å². The molecule has 1 N–H and O–H groups in total. The first-order valence-corrected chi connectivity index (χ1v) is 7.67. The van der Waals surface area contributed by atoms with Gasteiger partial charge in [0.1, 0.15) is 5.69 Å². The first-order chi connectivity index (χ1) is 11.1. The summed E-state index contributed by atoms with van der Waals surface area (Å²) in [6.07, 6.45) is 2.23. The third kappa shape index (κ3) is 3.39. The second-order valence-corrected chi connectivity index (χ2v) is 5.92. The zero-order valence-corrected chi connectivity index (χ0v) is 12.9. The number of nitrogens with zero attached hydrogens (tertiary/aromatic N) is 1. The quantitative estimate of drug-likeness (QED) is 0.489. The van der Waals surface area contributed by atoms with Gasteiger partial charge in [-0.05, 0) is 43.4 Å². The van der Waals surface area contributed by atoms with Gasteiger partial charge in [-0.2, -0.15) is 0 Å². The number of nitro groups is 1. The van der Waals surface area contributed by atoms with E-state index in [4.69, 9.17) is 0 Å². The molecule has 0 saturated heterocycles. The largest absolute Gasteiger partial charge is 0.372 e. The van der Waals surface area contributed by atoms with E-state index in [9.17, 15) is 14.9 Å². The Bertz CT molecular complexity index is 739. The van der Waals surface area contributed by atoms with Crippen LogP contribution in [0.15, 0.2) is 48.5 Å². The molecular weight excluding hydrogens is 292 g/mol. The number of hydrogen-bond donors (Lipinski definition) is 1. The van der Waals surface area contributed by atoms with Crippen LogP contribution in [0.2, 0.25) is 0 Å². The maximum Gasteiger partial charge on any atom is 0.293 e. The Morgan fingerprint density at radius 3 is 2.48 bits per heavy atom. The zero-order chi connectivity index (χ0) is 16.4. The summed E-state index contributed by atoms with van der Waals surface area (Å²) < 4.78 is 0. The van der Waals surface area contributed by atoms with Crippen molar-refractivity contribution < 1.29 is 9.72 Å². The molecule has 1 aliphatic rings. The average molecular weight is 310 g/mol. The number of benzene rings is 2. The summed E-state index contributed by atoms with van der Waals surface area (Å²) in [4.78, 5) is 22.4. The molecule has 0 radical (unpaired) electrons. The summed E-state index contributed by atoms with van der Waals surface area (Å²) in [6.45, 7) is 1.41. The number of nitrogens with one attached hydrogen (secondary N) is 1. The van der Waals surface area contributed by atoms with Crippen LogP contribution in [-0.4, -0.2) is 10.7 Å². The van der Waals surface area contributed by atoms with Crippen LogP contribution in [-0.2, 0) is 0 Å². The SMILES string of the molecule is CC(=O)c1ccc(NC(c2ccccc2)C2CC2)c([N+](=O)[O-])c1. The van der Waals surface area contributed by atoms with Gasteiger partial charge in [-0.25, -0.2) is 0 Å². The minimum absolute atomic E-state index is 0.0538. The molecule has 1 atom stereocenters. The maximum atomic E-state index is 11.5. The van der Waals surface area contributed by atoms with Gasteiger partial charge in [0.05, 0.1) is 11.0 Å². The standard InChI is InChI=1S/C18H18N2O3/c1-12(21)15-9-10-16(17(11-15)20(22)23)19-18(14-7-8-14)13-5-3-2-4-6-13/h2-6,9-11,14,18-19H,7-8H2,1H3. The van der Waals surface area contributed by atoms with Crippen molar-refractivity contribution >= 4 is 17.2 Å². The molecule has 0 aromatic heterocycles. The Labute approximate surface area is 134 Å². The lowest BCUT2D eigenvalue weighted by molar-refractivity contribution is -0.384. The molecular formula is C18H18N2O3.